The monoisotopic (exact) mass is 378 g/mol. The van der Waals surface area contributed by atoms with Crippen LogP contribution in [-0.4, -0.2) is 73.3 Å². The molecule has 2 N–H and O–H groups in total. The van der Waals surface area contributed by atoms with Gasteiger partial charge in [-0.1, -0.05) is 25.9 Å². The zero-order valence-electron chi connectivity index (χ0n) is 17.8. The molecule has 0 amide bonds. The van der Waals surface area contributed by atoms with E-state index in [0.29, 0.717) is 18.5 Å². The van der Waals surface area contributed by atoms with E-state index in [1.165, 1.54) is 0 Å². The van der Waals surface area contributed by atoms with Crippen molar-refractivity contribution >= 4 is 5.96 Å². The second-order valence-electron chi connectivity index (χ2n) is 7.36. The maximum atomic E-state index is 5.48. The van der Waals surface area contributed by atoms with Crippen molar-refractivity contribution in [2.45, 2.75) is 59.0 Å². The van der Waals surface area contributed by atoms with Crippen molar-refractivity contribution < 1.29 is 4.52 Å². The standard InChI is InChI=1S/C20H38N6O/c1-6-17(7-2)19-13-18(27-24-19)15-23-20(21-5)22-14-16(4)26-11-9-25(8-3)10-12-26/h13,16-17H,6-12,14-15H2,1-5H3,(H2,21,22,23). The van der Waals surface area contributed by atoms with Crippen LogP contribution in [0.15, 0.2) is 15.6 Å². The third kappa shape index (κ3) is 6.50. The van der Waals surface area contributed by atoms with Gasteiger partial charge in [-0.3, -0.25) is 9.89 Å². The lowest BCUT2D eigenvalue weighted by Gasteiger charge is -2.37. The molecule has 1 aromatic rings. The Balaban J connectivity index is 1.74. The molecular weight excluding hydrogens is 340 g/mol. The molecule has 2 heterocycles. The largest absolute Gasteiger partial charge is 0.359 e. The van der Waals surface area contributed by atoms with Crippen LogP contribution in [0.1, 0.15) is 57.9 Å². The first-order valence-corrected chi connectivity index (χ1v) is 10.5. The highest BCUT2D eigenvalue weighted by molar-refractivity contribution is 5.79. The minimum atomic E-state index is 0.481. The zero-order chi connectivity index (χ0) is 19.6. The van der Waals surface area contributed by atoms with Gasteiger partial charge < -0.3 is 20.1 Å². The Labute approximate surface area is 164 Å². The smallest absolute Gasteiger partial charge is 0.191 e. The van der Waals surface area contributed by atoms with Crippen molar-refractivity contribution in [3.63, 3.8) is 0 Å². The molecule has 1 unspecified atom stereocenters. The molecule has 1 fully saturated rings. The summed E-state index contributed by atoms with van der Waals surface area (Å²) in [7, 11) is 1.80. The van der Waals surface area contributed by atoms with E-state index in [0.717, 1.165) is 69.5 Å². The summed E-state index contributed by atoms with van der Waals surface area (Å²) < 4.78 is 5.48. The van der Waals surface area contributed by atoms with E-state index in [1.807, 2.05) is 0 Å². The highest BCUT2D eigenvalue weighted by Crippen LogP contribution is 2.22. The minimum Gasteiger partial charge on any atom is -0.359 e. The highest BCUT2D eigenvalue weighted by atomic mass is 16.5. The molecule has 0 spiro atoms. The van der Waals surface area contributed by atoms with Crippen molar-refractivity contribution in [1.29, 1.82) is 0 Å². The van der Waals surface area contributed by atoms with Gasteiger partial charge >= 0.3 is 0 Å². The van der Waals surface area contributed by atoms with Crippen LogP contribution in [0.2, 0.25) is 0 Å². The fraction of sp³-hybridized carbons (Fsp3) is 0.800. The van der Waals surface area contributed by atoms with Crippen molar-refractivity contribution in [3.05, 3.63) is 17.5 Å². The lowest BCUT2D eigenvalue weighted by atomic mass is 9.99. The number of aromatic nitrogens is 1. The highest BCUT2D eigenvalue weighted by Gasteiger charge is 2.20. The summed E-state index contributed by atoms with van der Waals surface area (Å²) >= 11 is 0. The number of hydrogen-bond acceptors (Lipinski definition) is 5. The van der Waals surface area contributed by atoms with Crippen molar-refractivity contribution in [2.75, 3.05) is 46.3 Å². The Bertz CT molecular complexity index is 561. The molecular formula is C20H38N6O. The molecule has 1 aliphatic heterocycles. The van der Waals surface area contributed by atoms with Gasteiger partial charge in [0.1, 0.15) is 0 Å². The van der Waals surface area contributed by atoms with Gasteiger partial charge in [-0.2, -0.15) is 0 Å². The molecule has 0 bridgehead atoms. The van der Waals surface area contributed by atoms with Crippen LogP contribution in [0.3, 0.4) is 0 Å². The van der Waals surface area contributed by atoms with Crippen molar-refractivity contribution in [2.24, 2.45) is 4.99 Å². The van der Waals surface area contributed by atoms with E-state index in [2.05, 4.69) is 64.3 Å². The topological polar surface area (TPSA) is 68.9 Å². The third-order valence-corrected chi connectivity index (χ3v) is 5.68. The molecule has 154 valence electrons. The minimum absolute atomic E-state index is 0.481. The molecule has 7 heteroatoms. The SMILES string of the molecule is CCC(CC)c1cc(CNC(=NC)NCC(C)N2CCN(CC)CC2)on1. The Morgan fingerprint density at radius 1 is 1.19 bits per heavy atom. The summed E-state index contributed by atoms with van der Waals surface area (Å²) in [5.41, 5.74) is 1.06. The summed E-state index contributed by atoms with van der Waals surface area (Å²) in [6.07, 6.45) is 2.17. The maximum Gasteiger partial charge on any atom is 0.191 e. The van der Waals surface area contributed by atoms with Gasteiger partial charge in [-0.05, 0) is 26.3 Å². The number of hydrogen-bond donors (Lipinski definition) is 2. The molecule has 0 saturated carbocycles. The summed E-state index contributed by atoms with van der Waals surface area (Å²) in [4.78, 5) is 9.38. The number of piperazine rings is 1. The predicted molar refractivity (Wildman–Crippen MR) is 111 cm³/mol. The van der Waals surface area contributed by atoms with Gasteiger partial charge in [0.05, 0.1) is 12.2 Å². The van der Waals surface area contributed by atoms with Crippen LogP contribution in [0, 0.1) is 0 Å². The van der Waals surface area contributed by atoms with Crippen LogP contribution in [0.5, 0.6) is 0 Å². The van der Waals surface area contributed by atoms with E-state index in [4.69, 9.17) is 4.52 Å². The predicted octanol–water partition coefficient (Wildman–Crippen LogP) is 2.27. The number of nitrogens with one attached hydrogen (secondary N) is 2. The van der Waals surface area contributed by atoms with Gasteiger partial charge in [0.25, 0.3) is 0 Å². The van der Waals surface area contributed by atoms with Gasteiger partial charge in [0.15, 0.2) is 11.7 Å². The molecule has 1 aliphatic rings. The van der Waals surface area contributed by atoms with Crippen LogP contribution in [0.25, 0.3) is 0 Å². The molecule has 0 aliphatic carbocycles. The van der Waals surface area contributed by atoms with Crippen LogP contribution >= 0.6 is 0 Å². The molecule has 27 heavy (non-hydrogen) atoms. The van der Waals surface area contributed by atoms with E-state index in [-0.39, 0.29) is 0 Å². The van der Waals surface area contributed by atoms with E-state index in [9.17, 15) is 0 Å². The molecule has 1 aromatic heterocycles. The van der Waals surface area contributed by atoms with Gasteiger partial charge in [-0.25, -0.2) is 0 Å². The number of nitrogens with zero attached hydrogens (tertiary/aromatic N) is 4. The summed E-state index contributed by atoms with van der Waals surface area (Å²) in [6, 6.07) is 2.54. The molecule has 2 rings (SSSR count). The van der Waals surface area contributed by atoms with Crippen molar-refractivity contribution in [3.8, 4) is 0 Å². The summed E-state index contributed by atoms with van der Waals surface area (Å²) in [6.45, 7) is 16.1. The normalized spacial score (nSPS) is 18.1. The first kappa shape index (κ1) is 21.7. The second-order valence-corrected chi connectivity index (χ2v) is 7.36. The average molecular weight is 379 g/mol. The molecule has 1 atom stereocenters. The Morgan fingerprint density at radius 2 is 1.89 bits per heavy atom. The summed E-state index contributed by atoms with van der Waals surface area (Å²) in [5.74, 6) is 2.13. The molecule has 0 aromatic carbocycles. The Kier molecular flexibility index (Phi) is 9.07. The number of likely N-dealkylation sites (N-methyl/N-ethyl adjacent to an activating group) is 1. The first-order valence-electron chi connectivity index (χ1n) is 10.5. The first-order chi connectivity index (χ1) is 13.1. The van der Waals surface area contributed by atoms with E-state index >= 15 is 0 Å². The molecule has 7 nitrogen and oxygen atoms in total. The van der Waals surface area contributed by atoms with Crippen molar-refractivity contribution in [1.82, 2.24) is 25.6 Å². The zero-order valence-corrected chi connectivity index (χ0v) is 17.8. The lowest BCUT2D eigenvalue weighted by Crippen LogP contribution is -2.53. The number of rotatable bonds is 9. The lowest BCUT2D eigenvalue weighted by molar-refractivity contribution is 0.107. The average Bonchev–Trinajstić information content (AvgIpc) is 3.17. The maximum absolute atomic E-state index is 5.48. The van der Waals surface area contributed by atoms with Crippen LogP contribution in [-0.2, 0) is 6.54 Å². The Morgan fingerprint density at radius 3 is 2.48 bits per heavy atom. The molecule has 0 radical (unpaired) electrons. The fourth-order valence-corrected chi connectivity index (χ4v) is 3.60. The fourth-order valence-electron chi connectivity index (χ4n) is 3.60. The number of guanidine groups is 1. The van der Waals surface area contributed by atoms with Crippen LogP contribution in [0.4, 0.5) is 0 Å². The second kappa shape index (κ2) is 11.3. The number of aliphatic imine (C=N–C) groups is 1. The Hall–Kier alpha value is -1.60. The van der Waals surface area contributed by atoms with Gasteiger partial charge in [-0.15, -0.1) is 0 Å². The van der Waals surface area contributed by atoms with E-state index in [1.54, 1.807) is 7.05 Å². The quantitative estimate of drug-likeness (QED) is 0.507. The third-order valence-electron chi connectivity index (χ3n) is 5.68. The summed E-state index contributed by atoms with van der Waals surface area (Å²) in [5, 5.41) is 11.0. The van der Waals surface area contributed by atoms with Gasteiger partial charge in [0.2, 0.25) is 0 Å². The van der Waals surface area contributed by atoms with E-state index < -0.39 is 0 Å². The van der Waals surface area contributed by atoms with Gasteiger partial charge in [0, 0.05) is 57.8 Å². The van der Waals surface area contributed by atoms with Crippen LogP contribution < -0.4 is 10.6 Å². The molecule has 1 saturated heterocycles.